The highest BCUT2D eigenvalue weighted by Gasteiger charge is 2.18. The normalized spacial score (nSPS) is 12.7. The van der Waals surface area contributed by atoms with Crippen LogP contribution in [0, 0.1) is 0 Å². The first-order valence-electron chi connectivity index (χ1n) is 36.3. The van der Waals surface area contributed by atoms with E-state index >= 15 is 0 Å². The van der Waals surface area contributed by atoms with Crippen LogP contribution in [-0.4, -0.2) is 47.4 Å². The summed E-state index contributed by atoms with van der Waals surface area (Å²) in [6.07, 6.45) is 89.3. The lowest BCUT2D eigenvalue weighted by molar-refractivity contribution is -0.143. The van der Waals surface area contributed by atoms with Crippen LogP contribution < -0.4 is 5.32 Å². The smallest absolute Gasteiger partial charge is 0.305 e. The van der Waals surface area contributed by atoms with E-state index < -0.39 is 12.1 Å². The molecule has 6 heteroatoms. The summed E-state index contributed by atoms with van der Waals surface area (Å²) in [4.78, 5) is 24.7. The molecule has 0 aliphatic heterocycles. The zero-order valence-electron chi connectivity index (χ0n) is 54.1. The maximum Gasteiger partial charge on any atom is 0.305 e. The number of amides is 1. The number of nitrogens with one attached hydrogen (secondary N) is 1. The molecular formula is C74H141NO5. The molecule has 6 nitrogen and oxygen atoms in total. The Kier molecular flexibility index (Phi) is 67.9. The van der Waals surface area contributed by atoms with Crippen LogP contribution in [0.25, 0.3) is 0 Å². The quantitative estimate of drug-likeness (QED) is 0.0320. The molecule has 2 atom stereocenters. The van der Waals surface area contributed by atoms with Crippen LogP contribution in [0.15, 0.2) is 36.5 Å². The number of aliphatic hydroxyl groups is 2. The number of allylic oxidation sites excluding steroid dienone is 5. The minimum Gasteiger partial charge on any atom is -0.466 e. The summed E-state index contributed by atoms with van der Waals surface area (Å²) >= 11 is 0. The van der Waals surface area contributed by atoms with Gasteiger partial charge in [0, 0.05) is 12.8 Å². The molecule has 0 heterocycles. The first-order chi connectivity index (χ1) is 39.5. The van der Waals surface area contributed by atoms with Crippen molar-refractivity contribution in [2.24, 2.45) is 0 Å². The molecule has 472 valence electrons. The van der Waals surface area contributed by atoms with Crippen LogP contribution in [0.3, 0.4) is 0 Å². The lowest BCUT2D eigenvalue weighted by Crippen LogP contribution is -2.45. The van der Waals surface area contributed by atoms with E-state index in [1.807, 2.05) is 6.08 Å². The molecule has 0 rings (SSSR count). The average Bonchev–Trinajstić information content (AvgIpc) is 3.46. The van der Waals surface area contributed by atoms with Crippen molar-refractivity contribution in [3.8, 4) is 0 Å². The van der Waals surface area contributed by atoms with Crippen molar-refractivity contribution in [1.82, 2.24) is 5.32 Å². The Hall–Kier alpha value is -1.92. The second-order valence-corrected chi connectivity index (χ2v) is 24.9. The fraction of sp³-hybridized carbons (Fsp3) is 0.892. The molecule has 0 saturated carbocycles. The van der Waals surface area contributed by atoms with Gasteiger partial charge in [-0.15, -0.1) is 0 Å². The van der Waals surface area contributed by atoms with Crippen molar-refractivity contribution in [1.29, 1.82) is 0 Å². The van der Waals surface area contributed by atoms with Crippen LogP contribution >= 0.6 is 0 Å². The first kappa shape index (κ1) is 78.1. The highest BCUT2D eigenvalue weighted by Crippen LogP contribution is 2.19. The zero-order chi connectivity index (χ0) is 57.8. The molecule has 0 radical (unpaired) electrons. The SMILES string of the molecule is CCCCC/C=C\C/C=C\CCCCCCCCCCCC(=O)OCCCCCCCCCCCCCCCCCCCCCCCC(=O)NC(CO)C(O)/C=C/CCCCCCCCCCCCCCCCCCCCCCC. The molecule has 0 aromatic rings. The number of unbranched alkanes of at least 4 members (excludes halogenated alkanes) is 53. The monoisotopic (exact) mass is 1120 g/mol. The molecule has 1 amide bonds. The third-order valence-corrected chi connectivity index (χ3v) is 16.9. The number of rotatable bonds is 68. The minimum atomic E-state index is -0.847. The molecule has 0 aliphatic rings. The van der Waals surface area contributed by atoms with Gasteiger partial charge >= 0.3 is 5.97 Å². The molecule has 0 spiro atoms. The Balaban J connectivity index is 3.40. The first-order valence-corrected chi connectivity index (χ1v) is 36.3. The Morgan fingerprint density at radius 3 is 0.975 bits per heavy atom. The summed E-state index contributed by atoms with van der Waals surface area (Å²) in [5.74, 6) is -0.0565. The van der Waals surface area contributed by atoms with E-state index in [1.165, 1.54) is 321 Å². The van der Waals surface area contributed by atoms with Gasteiger partial charge in [0.15, 0.2) is 0 Å². The van der Waals surface area contributed by atoms with Gasteiger partial charge in [0.05, 0.1) is 25.4 Å². The number of carbonyl (C=O) groups is 2. The van der Waals surface area contributed by atoms with E-state index in [1.54, 1.807) is 6.08 Å². The molecule has 80 heavy (non-hydrogen) atoms. The maximum absolute atomic E-state index is 12.5. The summed E-state index contributed by atoms with van der Waals surface area (Å²) in [6, 6.07) is -0.630. The van der Waals surface area contributed by atoms with E-state index in [2.05, 4.69) is 43.5 Å². The maximum atomic E-state index is 12.5. The van der Waals surface area contributed by atoms with Gasteiger partial charge in [-0.05, 0) is 64.2 Å². The summed E-state index contributed by atoms with van der Waals surface area (Å²) < 4.78 is 5.51. The Labute approximate surface area is 500 Å². The van der Waals surface area contributed by atoms with Crippen molar-refractivity contribution in [3.63, 3.8) is 0 Å². The molecule has 0 fully saturated rings. The van der Waals surface area contributed by atoms with Crippen molar-refractivity contribution in [2.75, 3.05) is 13.2 Å². The Morgan fingerprint density at radius 2 is 0.625 bits per heavy atom. The predicted octanol–water partition coefficient (Wildman–Crippen LogP) is 23.5. The van der Waals surface area contributed by atoms with Gasteiger partial charge in [-0.25, -0.2) is 0 Å². The zero-order valence-corrected chi connectivity index (χ0v) is 54.1. The fourth-order valence-electron chi connectivity index (χ4n) is 11.4. The van der Waals surface area contributed by atoms with E-state index in [9.17, 15) is 19.8 Å². The summed E-state index contributed by atoms with van der Waals surface area (Å²) in [5, 5.41) is 23.3. The van der Waals surface area contributed by atoms with Crippen LogP contribution in [0.1, 0.15) is 399 Å². The molecule has 0 aromatic heterocycles. The van der Waals surface area contributed by atoms with Crippen LogP contribution in [-0.2, 0) is 14.3 Å². The minimum absolute atomic E-state index is 0.00842. The fourth-order valence-corrected chi connectivity index (χ4v) is 11.4. The van der Waals surface area contributed by atoms with Gasteiger partial charge in [-0.1, -0.05) is 359 Å². The van der Waals surface area contributed by atoms with Crippen molar-refractivity contribution in [2.45, 2.75) is 411 Å². The van der Waals surface area contributed by atoms with Gasteiger partial charge in [0.1, 0.15) is 0 Å². The van der Waals surface area contributed by atoms with Crippen molar-refractivity contribution in [3.05, 3.63) is 36.5 Å². The van der Waals surface area contributed by atoms with Gasteiger partial charge in [-0.3, -0.25) is 9.59 Å². The van der Waals surface area contributed by atoms with Crippen LogP contribution in [0.4, 0.5) is 0 Å². The van der Waals surface area contributed by atoms with Gasteiger partial charge < -0.3 is 20.3 Å². The average molecular weight is 1120 g/mol. The molecular weight excluding hydrogens is 983 g/mol. The predicted molar refractivity (Wildman–Crippen MR) is 352 cm³/mol. The highest BCUT2D eigenvalue weighted by atomic mass is 16.5. The van der Waals surface area contributed by atoms with E-state index in [0.29, 0.717) is 19.4 Å². The number of carbonyl (C=O) groups excluding carboxylic acids is 2. The summed E-state index contributed by atoms with van der Waals surface area (Å²) in [6.45, 7) is 4.91. The topological polar surface area (TPSA) is 95.9 Å². The van der Waals surface area contributed by atoms with Gasteiger partial charge in [0.25, 0.3) is 0 Å². The van der Waals surface area contributed by atoms with Crippen molar-refractivity contribution < 1.29 is 24.5 Å². The summed E-state index contributed by atoms with van der Waals surface area (Å²) in [5.41, 5.74) is 0. The molecule has 0 aromatic carbocycles. The number of hydrogen-bond acceptors (Lipinski definition) is 5. The molecule has 0 bridgehead atoms. The number of aliphatic hydroxyl groups excluding tert-OH is 2. The van der Waals surface area contributed by atoms with E-state index in [0.717, 1.165) is 51.4 Å². The molecule has 3 N–H and O–H groups in total. The third kappa shape index (κ3) is 65.2. The van der Waals surface area contributed by atoms with E-state index in [4.69, 9.17) is 4.74 Å². The Bertz CT molecular complexity index is 1300. The van der Waals surface area contributed by atoms with Crippen LogP contribution in [0.5, 0.6) is 0 Å². The number of esters is 1. The lowest BCUT2D eigenvalue weighted by Gasteiger charge is -2.20. The third-order valence-electron chi connectivity index (χ3n) is 16.9. The highest BCUT2D eigenvalue weighted by molar-refractivity contribution is 5.76. The number of ether oxygens (including phenoxy) is 1. The van der Waals surface area contributed by atoms with E-state index in [-0.39, 0.29) is 18.5 Å². The van der Waals surface area contributed by atoms with Crippen molar-refractivity contribution >= 4 is 11.9 Å². The summed E-state index contributed by atoms with van der Waals surface area (Å²) in [7, 11) is 0. The standard InChI is InChI=1S/C74H141NO5/c1-3-5-7-9-11-13-15-17-19-21-23-24-25-27-31-34-38-42-46-50-54-58-62-66-72(77)71(70-76)75-73(78)67-63-59-55-51-47-43-39-35-32-28-26-29-33-37-41-45-49-53-57-61-65-69-80-74(79)68-64-60-56-52-48-44-40-36-30-22-20-18-16-14-12-10-8-6-4-2/h12,14,18,20,62,66,71-72,76-77H,3-11,13,15-17,19,21-61,63-65,67-70H2,1-2H3,(H,75,78)/b14-12-,20-18-,66-62+. The lowest BCUT2D eigenvalue weighted by atomic mass is 10.0. The number of hydrogen-bond donors (Lipinski definition) is 3. The second-order valence-electron chi connectivity index (χ2n) is 24.9. The molecule has 0 saturated heterocycles. The van der Waals surface area contributed by atoms with Gasteiger partial charge in [0.2, 0.25) is 5.91 Å². The second kappa shape index (κ2) is 69.6. The Morgan fingerprint density at radius 1 is 0.350 bits per heavy atom. The molecule has 0 aliphatic carbocycles. The van der Waals surface area contributed by atoms with Crippen LogP contribution in [0.2, 0.25) is 0 Å². The largest absolute Gasteiger partial charge is 0.466 e. The molecule has 2 unspecified atom stereocenters. The van der Waals surface area contributed by atoms with Gasteiger partial charge in [-0.2, -0.15) is 0 Å².